The molecular formula is C19H26N2O4. The molecule has 0 unspecified atom stereocenters. The van der Waals surface area contributed by atoms with Crippen molar-refractivity contribution in [2.45, 2.75) is 26.2 Å². The summed E-state index contributed by atoms with van der Waals surface area (Å²) in [6.07, 6.45) is 2.51. The van der Waals surface area contributed by atoms with Crippen LogP contribution in [0.4, 0.5) is 0 Å². The average Bonchev–Trinajstić information content (AvgIpc) is 2.66. The van der Waals surface area contributed by atoms with Crippen molar-refractivity contribution < 1.29 is 19.1 Å². The lowest BCUT2D eigenvalue weighted by atomic mass is 9.88. The van der Waals surface area contributed by atoms with Gasteiger partial charge in [0.1, 0.15) is 13.2 Å². The molecule has 1 aromatic rings. The quantitative estimate of drug-likeness (QED) is 0.797. The van der Waals surface area contributed by atoms with Crippen LogP contribution in [-0.2, 0) is 4.79 Å². The van der Waals surface area contributed by atoms with Crippen LogP contribution in [0.3, 0.4) is 0 Å². The second kappa shape index (κ2) is 8.34. The predicted molar refractivity (Wildman–Crippen MR) is 94.2 cm³/mol. The van der Waals surface area contributed by atoms with Gasteiger partial charge in [0.2, 0.25) is 5.91 Å². The maximum absolute atomic E-state index is 12.8. The summed E-state index contributed by atoms with van der Waals surface area (Å²) in [4.78, 5) is 26.7. The van der Waals surface area contributed by atoms with Gasteiger partial charge in [-0.3, -0.25) is 14.5 Å². The van der Waals surface area contributed by atoms with Gasteiger partial charge >= 0.3 is 0 Å². The Bertz CT molecular complexity index is 624. The van der Waals surface area contributed by atoms with E-state index in [0.29, 0.717) is 36.8 Å². The zero-order chi connectivity index (χ0) is 17.6. The molecule has 0 spiro atoms. The van der Waals surface area contributed by atoms with Gasteiger partial charge in [0.25, 0.3) is 0 Å². The zero-order valence-electron chi connectivity index (χ0n) is 14.8. The van der Waals surface area contributed by atoms with Gasteiger partial charge in [-0.2, -0.15) is 0 Å². The van der Waals surface area contributed by atoms with Gasteiger partial charge in [-0.15, -0.1) is 0 Å². The van der Waals surface area contributed by atoms with Crippen molar-refractivity contribution in [2.24, 2.45) is 5.92 Å². The predicted octanol–water partition coefficient (Wildman–Crippen LogP) is 1.88. The third-order valence-corrected chi connectivity index (χ3v) is 4.72. The van der Waals surface area contributed by atoms with Gasteiger partial charge in [0, 0.05) is 18.0 Å². The number of piperidine rings is 1. The first-order valence-corrected chi connectivity index (χ1v) is 9.10. The Morgan fingerprint density at radius 2 is 1.88 bits per heavy atom. The standard InChI is InChI=1S/C19H26N2O4/c1-2-7-20-18(22)13-21-8-5-14(6-9-21)19(23)15-3-4-16-17(12-15)25-11-10-24-16/h3-4,12,14H,2,5-11,13H2,1H3,(H,20,22). The topological polar surface area (TPSA) is 67.9 Å². The van der Waals surface area contributed by atoms with E-state index in [0.717, 1.165) is 38.9 Å². The summed E-state index contributed by atoms with van der Waals surface area (Å²) in [5.74, 6) is 1.60. The van der Waals surface area contributed by atoms with Gasteiger partial charge in [-0.25, -0.2) is 0 Å². The number of ether oxygens (including phenoxy) is 2. The number of nitrogens with zero attached hydrogens (tertiary/aromatic N) is 1. The first kappa shape index (κ1) is 17.7. The van der Waals surface area contributed by atoms with E-state index in [4.69, 9.17) is 9.47 Å². The molecule has 2 aliphatic rings. The number of ketones is 1. The lowest BCUT2D eigenvalue weighted by Gasteiger charge is -2.30. The largest absolute Gasteiger partial charge is 0.486 e. The number of likely N-dealkylation sites (tertiary alicyclic amines) is 1. The first-order chi connectivity index (χ1) is 12.2. The summed E-state index contributed by atoms with van der Waals surface area (Å²) in [6.45, 7) is 5.80. The maximum Gasteiger partial charge on any atom is 0.234 e. The number of carbonyl (C=O) groups excluding carboxylic acids is 2. The van der Waals surface area contributed by atoms with Crippen LogP contribution in [0.15, 0.2) is 18.2 Å². The summed E-state index contributed by atoms with van der Waals surface area (Å²) in [7, 11) is 0. The molecule has 2 heterocycles. The molecule has 1 amide bonds. The molecule has 0 aromatic heterocycles. The van der Waals surface area contributed by atoms with Crippen molar-refractivity contribution in [1.29, 1.82) is 0 Å². The smallest absolute Gasteiger partial charge is 0.234 e. The summed E-state index contributed by atoms with van der Waals surface area (Å²) in [5.41, 5.74) is 0.684. The third kappa shape index (κ3) is 4.51. The van der Waals surface area contributed by atoms with Crippen LogP contribution in [0.1, 0.15) is 36.5 Å². The van der Waals surface area contributed by atoms with Gasteiger partial charge in [0.15, 0.2) is 17.3 Å². The molecule has 0 radical (unpaired) electrons. The summed E-state index contributed by atoms with van der Waals surface area (Å²) in [6, 6.07) is 5.43. The van der Waals surface area contributed by atoms with Gasteiger partial charge < -0.3 is 14.8 Å². The zero-order valence-corrected chi connectivity index (χ0v) is 14.8. The van der Waals surface area contributed by atoms with E-state index in [1.54, 1.807) is 6.07 Å². The SMILES string of the molecule is CCCNC(=O)CN1CCC(C(=O)c2ccc3c(c2)OCCO3)CC1. The number of amides is 1. The van der Waals surface area contributed by atoms with E-state index in [9.17, 15) is 9.59 Å². The molecule has 3 rings (SSSR count). The van der Waals surface area contributed by atoms with E-state index in [1.165, 1.54) is 0 Å². The molecule has 1 N–H and O–H groups in total. The fourth-order valence-corrected chi connectivity index (χ4v) is 3.31. The normalized spacial score (nSPS) is 18.0. The van der Waals surface area contributed by atoms with E-state index < -0.39 is 0 Å². The number of hydrogen-bond acceptors (Lipinski definition) is 5. The molecule has 0 atom stereocenters. The average molecular weight is 346 g/mol. The van der Waals surface area contributed by atoms with E-state index in [1.807, 2.05) is 19.1 Å². The Balaban J connectivity index is 1.52. The molecule has 1 saturated heterocycles. The lowest BCUT2D eigenvalue weighted by molar-refractivity contribution is -0.122. The Labute approximate surface area is 148 Å². The van der Waals surface area contributed by atoms with Crippen molar-refractivity contribution in [3.05, 3.63) is 23.8 Å². The molecule has 0 saturated carbocycles. The van der Waals surface area contributed by atoms with Gasteiger partial charge in [0.05, 0.1) is 6.54 Å². The highest BCUT2D eigenvalue weighted by Gasteiger charge is 2.27. The van der Waals surface area contributed by atoms with Crippen molar-refractivity contribution in [2.75, 3.05) is 39.4 Å². The highest BCUT2D eigenvalue weighted by atomic mass is 16.6. The van der Waals surface area contributed by atoms with Crippen LogP contribution in [0.2, 0.25) is 0 Å². The molecule has 1 aromatic carbocycles. The molecular weight excluding hydrogens is 320 g/mol. The third-order valence-electron chi connectivity index (χ3n) is 4.72. The van der Waals surface area contributed by atoms with E-state index in [-0.39, 0.29) is 17.6 Å². The van der Waals surface area contributed by atoms with Gasteiger partial charge in [-0.05, 0) is 50.6 Å². The minimum atomic E-state index is 0.0116. The maximum atomic E-state index is 12.8. The molecule has 25 heavy (non-hydrogen) atoms. The number of Topliss-reactive ketones (excluding diaryl/α,β-unsaturated/α-hetero) is 1. The number of hydrogen-bond donors (Lipinski definition) is 1. The molecule has 0 aliphatic carbocycles. The molecule has 136 valence electrons. The number of carbonyl (C=O) groups is 2. The fourth-order valence-electron chi connectivity index (χ4n) is 3.31. The Kier molecular flexibility index (Phi) is 5.91. The Hall–Kier alpha value is -2.08. The van der Waals surface area contributed by atoms with E-state index >= 15 is 0 Å². The van der Waals surface area contributed by atoms with Crippen molar-refractivity contribution in [1.82, 2.24) is 10.2 Å². The van der Waals surface area contributed by atoms with Crippen LogP contribution in [0.5, 0.6) is 11.5 Å². The van der Waals surface area contributed by atoms with Crippen LogP contribution in [0.25, 0.3) is 0 Å². The molecule has 2 aliphatic heterocycles. The van der Waals surface area contributed by atoms with Crippen molar-refractivity contribution in [3.8, 4) is 11.5 Å². The highest BCUT2D eigenvalue weighted by Crippen LogP contribution is 2.32. The van der Waals surface area contributed by atoms with Crippen LogP contribution in [-0.4, -0.2) is 56.0 Å². The second-order valence-corrected chi connectivity index (χ2v) is 6.62. The van der Waals surface area contributed by atoms with Crippen LogP contribution >= 0.6 is 0 Å². The lowest BCUT2D eigenvalue weighted by Crippen LogP contribution is -2.42. The van der Waals surface area contributed by atoms with Crippen LogP contribution < -0.4 is 14.8 Å². The molecule has 0 bridgehead atoms. The summed E-state index contributed by atoms with van der Waals surface area (Å²) >= 11 is 0. The first-order valence-electron chi connectivity index (χ1n) is 9.10. The fraction of sp³-hybridized carbons (Fsp3) is 0.579. The molecule has 6 nitrogen and oxygen atoms in total. The number of fused-ring (bicyclic) bond motifs is 1. The number of rotatable bonds is 6. The van der Waals surface area contributed by atoms with E-state index in [2.05, 4.69) is 10.2 Å². The van der Waals surface area contributed by atoms with Gasteiger partial charge in [-0.1, -0.05) is 6.92 Å². The highest BCUT2D eigenvalue weighted by molar-refractivity contribution is 5.98. The second-order valence-electron chi connectivity index (χ2n) is 6.62. The monoisotopic (exact) mass is 346 g/mol. The number of nitrogens with one attached hydrogen (secondary N) is 1. The van der Waals surface area contributed by atoms with Crippen molar-refractivity contribution in [3.63, 3.8) is 0 Å². The molecule has 1 fully saturated rings. The van der Waals surface area contributed by atoms with Crippen molar-refractivity contribution >= 4 is 11.7 Å². The summed E-state index contributed by atoms with van der Waals surface area (Å²) < 4.78 is 11.1. The Morgan fingerprint density at radius 3 is 2.60 bits per heavy atom. The minimum Gasteiger partial charge on any atom is -0.486 e. The van der Waals surface area contributed by atoms with Crippen LogP contribution in [0, 0.1) is 5.92 Å². The minimum absolute atomic E-state index is 0.0116. The molecule has 6 heteroatoms. The number of benzene rings is 1. The Morgan fingerprint density at radius 1 is 1.16 bits per heavy atom. The summed E-state index contributed by atoms with van der Waals surface area (Å²) in [5, 5.41) is 2.90.